The molecule has 0 spiro atoms. The molecule has 2 rings (SSSR count). The van der Waals surface area contributed by atoms with Crippen LogP contribution in [-0.2, 0) is 4.79 Å². The zero-order valence-corrected chi connectivity index (χ0v) is 11.2. The van der Waals surface area contributed by atoms with E-state index >= 15 is 0 Å². The van der Waals surface area contributed by atoms with E-state index in [2.05, 4.69) is 5.32 Å². The molecule has 5 nitrogen and oxygen atoms in total. The summed E-state index contributed by atoms with van der Waals surface area (Å²) in [5.74, 6) is -0.933. The normalized spacial score (nSPS) is 15.7. The number of amides is 2. The molecular weight excluding hydrogens is 256 g/mol. The Balaban J connectivity index is 2.05. The van der Waals surface area contributed by atoms with Crippen LogP contribution >= 0.6 is 0 Å². The summed E-state index contributed by atoms with van der Waals surface area (Å²) in [6.45, 7) is 1.23. The van der Waals surface area contributed by atoms with Crippen molar-refractivity contribution < 1.29 is 14.7 Å². The summed E-state index contributed by atoms with van der Waals surface area (Å²) in [6.07, 6.45) is 4.69. The first-order chi connectivity index (χ1) is 9.66. The maximum atomic E-state index is 12.2. The Morgan fingerprint density at radius 2 is 2.00 bits per heavy atom. The number of nitrogens with zero attached hydrogens (tertiary/aromatic N) is 1. The smallest absolute Gasteiger partial charge is 0.318 e. The van der Waals surface area contributed by atoms with Crippen LogP contribution < -0.4 is 5.32 Å². The van der Waals surface area contributed by atoms with Gasteiger partial charge in [0.2, 0.25) is 0 Å². The molecule has 1 aromatic carbocycles. The number of carbonyl (C=O) groups is 2. The zero-order chi connectivity index (χ0) is 14.4. The molecule has 20 heavy (non-hydrogen) atoms. The Kier molecular flexibility index (Phi) is 4.76. The van der Waals surface area contributed by atoms with E-state index in [4.69, 9.17) is 5.11 Å². The fraction of sp³-hybridized carbons (Fsp3) is 0.333. The number of hydrogen-bond donors (Lipinski definition) is 2. The van der Waals surface area contributed by atoms with Gasteiger partial charge in [-0.2, -0.15) is 0 Å². The van der Waals surface area contributed by atoms with Crippen molar-refractivity contribution in [3.8, 4) is 0 Å². The largest absolute Gasteiger partial charge is 0.481 e. The molecule has 0 bridgehead atoms. The fourth-order valence-corrected chi connectivity index (χ4v) is 2.18. The first kappa shape index (κ1) is 14.1. The van der Waals surface area contributed by atoms with Gasteiger partial charge in [0.05, 0.1) is 12.5 Å². The van der Waals surface area contributed by atoms with Gasteiger partial charge in [0.1, 0.15) is 0 Å². The van der Waals surface area contributed by atoms with E-state index < -0.39 is 12.0 Å². The summed E-state index contributed by atoms with van der Waals surface area (Å²) in [6, 6.07) is 8.45. The molecule has 0 fully saturated rings. The zero-order valence-electron chi connectivity index (χ0n) is 11.2. The van der Waals surface area contributed by atoms with Crippen LogP contribution in [0.25, 0.3) is 0 Å². The fourth-order valence-electron chi connectivity index (χ4n) is 2.18. The second-order valence-corrected chi connectivity index (χ2v) is 4.72. The van der Waals surface area contributed by atoms with Gasteiger partial charge in [-0.05, 0) is 12.0 Å². The van der Waals surface area contributed by atoms with E-state index in [1.807, 2.05) is 42.5 Å². The summed E-state index contributed by atoms with van der Waals surface area (Å²) in [5.41, 5.74) is 0.802. The number of hydrogen-bond acceptors (Lipinski definition) is 2. The van der Waals surface area contributed by atoms with E-state index in [1.54, 1.807) is 4.90 Å². The molecule has 106 valence electrons. The Labute approximate surface area is 117 Å². The van der Waals surface area contributed by atoms with Gasteiger partial charge in [0, 0.05) is 13.1 Å². The van der Waals surface area contributed by atoms with Gasteiger partial charge in [-0.3, -0.25) is 4.79 Å². The minimum Gasteiger partial charge on any atom is -0.481 e. The van der Waals surface area contributed by atoms with Crippen LogP contribution in [0.4, 0.5) is 4.79 Å². The number of aliphatic carboxylic acids is 1. The molecule has 0 radical (unpaired) electrons. The molecule has 1 unspecified atom stereocenters. The third-order valence-corrected chi connectivity index (χ3v) is 3.22. The highest BCUT2D eigenvalue weighted by atomic mass is 16.4. The maximum Gasteiger partial charge on any atom is 0.318 e. The van der Waals surface area contributed by atoms with Crippen molar-refractivity contribution in [2.45, 2.75) is 18.9 Å². The first-order valence-corrected chi connectivity index (χ1v) is 6.64. The lowest BCUT2D eigenvalue weighted by Gasteiger charge is -2.26. The van der Waals surface area contributed by atoms with Crippen molar-refractivity contribution in [3.63, 3.8) is 0 Å². The van der Waals surface area contributed by atoms with Crippen molar-refractivity contribution in [1.82, 2.24) is 10.2 Å². The Hall–Kier alpha value is -2.30. The molecule has 5 heteroatoms. The average molecular weight is 274 g/mol. The molecule has 1 heterocycles. The van der Waals surface area contributed by atoms with E-state index in [0.717, 1.165) is 12.0 Å². The van der Waals surface area contributed by atoms with Gasteiger partial charge in [0.25, 0.3) is 0 Å². The number of carboxylic acids is 1. The van der Waals surface area contributed by atoms with Crippen LogP contribution in [0.1, 0.15) is 24.4 Å². The number of urea groups is 1. The van der Waals surface area contributed by atoms with E-state index in [9.17, 15) is 9.59 Å². The van der Waals surface area contributed by atoms with Crippen LogP contribution in [0, 0.1) is 0 Å². The number of benzene rings is 1. The average Bonchev–Trinajstić information content (AvgIpc) is 2.48. The second-order valence-electron chi connectivity index (χ2n) is 4.72. The Morgan fingerprint density at radius 1 is 1.25 bits per heavy atom. The highest BCUT2D eigenvalue weighted by molar-refractivity contribution is 5.76. The molecule has 1 aliphatic heterocycles. The summed E-state index contributed by atoms with van der Waals surface area (Å²) in [4.78, 5) is 24.8. The third-order valence-electron chi connectivity index (χ3n) is 3.22. The lowest BCUT2D eigenvalue weighted by Crippen LogP contribution is -2.43. The first-order valence-electron chi connectivity index (χ1n) is 6.64. The third kappa shape index (κ3) is 3.85. The number of carboxylic acid groups (broad SMARTS) is 1. The highest BCUT2D eigenvalue weighted by Gasteiger charge is 2.21. The summed E-state index contributed by atoms with van der Waals surface area (Å²) in [7, 11) is 0. The van der Waals surface area contributed by atoms with Crippen LogP contribution in [0.15, 0.2) is 42.5 Å². The standard InChI is InChI=1S/C15H18N2O3/c18-14(19)11-13(12-7-3-1-4-8-12)16-15(20)17-9-5-2-6-10-17/h1-5,7-8,13H,6,9-11H2,(H,16,20)(H,18,19). The van der Waals surface area contributed by atoms with Crippen molar-refractivity contribution in [1.29, 1.82) is 0 Å². The predicted octanol–water partition coefficient (Wildman–Crippen LogP) is 2.17. The van der Waals surface area contributed by atoms with Crippen molar-refractivity contribution in [3.05, 3.63) is 48.0 Å². The summed E-state index contributed by atoms with van der Waals surface area (Å²) in [5, 5.41) is 11.8. The van der Waals surface area contributed by atoms with Gasteiger partial charge in [-0.1, -0.05) is 42.5 Å². The highest BCUT2D eigenvalue weighted by Crippen LogP contribution is 2.17. The van der Waals surface area contributed by atoms with E-state index in [1.165, 1.54) is 0 Å². The molecule has 0 saturated carbocycles. The van der Waals surface area contributed by atoms with Crippen LogP contribution in [0.3, 0.4) is 0 Å². The number of carbonyl (C=O) groups excluding carboxylic acids is 1. The SMILES string of the molecule is O=C(O)CC(NC(=O)N1CC=CCC1)c1ccccc1. The molecule has 2 N–H and O–H groups in total. The minimum absolute atomic E-state index is 0.126. The molecule has 0 aromatic heterocycles. The van der Waals surface area contributed by atoms with Gasteiger partial charge in [0.15, 0.2) is 0 Å². The van der Waals surface area contributed by atoms with E-state index in [0.29, 0.717) is 13.1 Å². The van der Waals surface area contributed by atoms with Gasteiger partial charge in [-0.25, -0.2) is 4.79 Å². The maximum absolute atomic E-state index is 12.2. The van der Waals surface area contributed by atoms with Crippen molar-refractivity contribution in [2.75, 3.05) is 13.1 Å². The van der Waals surface area contributed by atoms with Gasteiger partial charge < -0.3 is 15.3 Å². The molecule has 1 atom stereocenters. The monoisotopic (exact) mass is 274 g/mol. The van der Waals surface area contributed by atoms with Crippen LogP contribution in [-0.4, -0.2) is 35.1 Å². The predicted molar refractivity (Wildman–Crippen MR) is 75.3 cm³/mol. The summed E-state index contributed by atoms with van der Waals surface area (Å²) >= 11 is 0. The minimum atomic E-state index is -0.933. The van der Waals surface area contributed by atoms with Gasteiger partial charge >= 0.3 is 12.0 Å². The molecular formula is C15H18N2O3. The van der Waals surface area contributed by atoms with Gasteiger partial charge in [-0.15, -0.1) is 0 Å². The lowest BCUT2D eigenvalue weighted by atomic mass is 10.0. The molecule has 1 aromatic rings. The second kappa shape index (κ2) is 6.75. The molecule has 0 aliphatic carbocycles. The molecule has 2 amide bonds. The Bertz CT molecular complexity index is 499. The molecule has 0 saturated heterocycles. The van der Waals surface area contributed by atoms with Crippen molar-refractivity contribution >= 4 is 12.0 Å². The number of rotatable bonds is 4. The Morgan fingerprint density at radius 3 is 2.60 bits per heavy atom. The number of nitrogens with one attached hydrogen (secondary N) is 1. The van der Waals surface area contributed by atoms with E-state index in [-0.39, 0.29) is 12.5 Å². The molecule has 1 aliphatic rings. The topological polar surface area (TPSA) is 69.6 Å². The quantitative estimate of drug-likeness (QED) is 0.827. The van der Waals surface area contributed by atoms with Crippen molar-refractivity contribution in [2.24, 2.45) is 0 Å². The summed E-state index contributed by atoms with van der Waals surface area (Å²) < 4.78 is 0. The lowest BCUT2D eigenvalue weighted by molar-refractivity contribution is -0.137. The van der Waals surface area contributed by atoms with Crippen LogP contribution in [0.5, 0.6) is 0 Å². The van der Waals surface area contributed by atoms with Crippen LogP contribution in [0.2, 0.25) is 0 Å².